The fraction of sp³-hybridized carbons (Fsp3) is 0. The number of aliphatic hydroxyl groups excluding tert-OH is 1. The summed E-state index contributed by atoms with van der Waals surface area (Å²) < 4.78 is 0. The van der Waals surface area contributed by atoms with Crippen molar-refractivity contribution in [3.8, 4) is 6.26 Å². The first kappa shape index (κ1) is 8.83. The number of rotatable bonds is 0. The van der Waals surface area contributed by atoms with Crippen LogP contribution in [0.5, 0.6) is 0 Å². The zero-order chi connectivity index (χ0) is 5.41. The fourth-order valence-corrected chi connectivity index (χ4v) is 0. The molecule has 0 spiro atoms. The third-order valence-electron chi connectivity index (χ3n) is 0. The van der Waals surface area contributed by atoms with Gasteiger partial charge in [0.1, 0.15) is 0 Å². The fourth-order valence-electron chi connectivity index (χ4n) is 0. The van der Waals surface area contributed by atoms with Crippen molar-refractivity contribution in [1.82, 2.24) is 0 Å². The molecule has 0 aromatic carbocycles. The molecule has 0 heterocycles. The van der Waals surface area contributed by atoms with Crippen molar-refractivity contribution in [3.05, 3.63) is 0 Å². The summed E-state index contributed by atoms with van der Waals surface area (Å²) >= 11 is 0. The van der Waals surface area contributed by atoms with Gasteiger partial charge >= 0.3 is 0 Å². The molecule has 4 heteroatoms. The Morgan fingerprint density at radius 1 is 1.83 bits per heavy atom. The molecule has 4 nitrogen and oxygen atoms in total. The van der Waals surface area contributed by atoms with E-state index in [1.165, 1.54) is 0 Å². The first-order valence-electron chi connectivity index (χ1n) is 0.941. The number of nitrogens with zero attached hydrogens (tertiary/aromatic N) is 1. The van der Waals surface area contributed by atoms with Crippen LogP contribution in [0.1, 0.15) is 0 Å². The molecule has 0 aliphatic heterocycles. The van der Waals surface area contributed by atoms with E-state index in [1.54, 1.807) is 0 Å². The predicted octanol–water partition coefficient (Wildman–Crippen LogP) is -0.459. The lowest BCUT2D eigenvalue weighted by molar-refractivity contribution is -0.122. The smallest absolute Gasteiger partial charge is 0.290 e. The van der Waals surface area contributed by atoms with Gasteiger partial charge in [0.2, 0.25) is 0 Å². The summed E-state index contributed by atoms with van der Waals surface area (Å²) in [6.07, 6.45) is 0.750. The standard InChI is InChI=1S/CHNO.CH2O2/c2*2-1-3/h3H;1H,(H,2,3). The maximum atomic E-state index is 8.36. The summed E-state index contributed by atoms with van der Waals surface area (Å²) in [5.74, 6) is 0. The van der Waals surface area contributed by atoms with Crippen LogP contribution in [0.15, 0.2) is 0 Å². The van der Waals surface area contributed by atoms with Crippen LogP contribution in [0, 0.1) is 11.5 Å². The second-order valence-electron chi connectivity index (χ2n) is 0.205. The number of aliphatic hydroxyl groups is 1. The number of carboxylic acid groups (broad SMARTS) is 1. The van der Waals surface area contributed by atoms with Crippen LogP contribution < -0.4 is 0 Å². The molecule has 0 aliphatic carbocycles. The average molecular weight is 89.0 g/mol. The van der Waals surface area contributed by atoms with Crippen molar-refractivity contribution in [2.45, 2.75) is 0 Å². The van der Waals surface area contributed by atoms with Crippen LogP contribution in [-0.4, -0.2) is 16.7 Å². The first-order chi connectivity index (χ1) is 2.83. The van der Waals surface area contributed by atoms with Gasteiger partial charge in [0, 0.05) is 0 Å². The van der Waals surface area contributed by atoms with Gasteiger partial charge in [-0.25, -0.2) is 0 Å². The zero-order valence-electron chi connectivity index (χ0n) is 2.83. The molecule has 0 amide bonds. The van der Waals surface area contributed by atoms with Gasteiger partial charge in [-0.1, -0.05) is 0 Å². The minimum Gasteiger partial charge on any atom is -0.483 e. The lowest BCUT2D eigenvalue weighted by Gasteiger charge is -1.34. The summed E-state index contributed by atoms with van der Waals surface area (Å²) in [5.41, 5.74) is 0. The number of hydrogen-bond donors (Lipinski definition) is 2. The lowest BCUT2D eigenvalue weighted by Crippen LogP contribution is -1.49. The third-order valence-corrected chi connectivity index (χ3v) is 0. The normalized spacial score (nSPS) is 3.17. The van der Waals surface area contributed by atoms with E-state index in [1.807, 2.05) is 0 Å². The highest BCUT2D eigenvalue weighted by molar-refractivity contribution is 5.32. The maximum absolute atomic E-state index is 8.36. The molecule has 0 unspecified atom stereocenters. The Kier molecular flexibility index (Phi) is 73.0. The number of hydrogen-bond acceptors (Lipinski definition) is 3. The highest BCUT2D eigenvalue weighted by Gasteiger charge is 1.22. The van der Waals surface area contributed by atoms with Crippen molar-refractivity contribution in [1.29, 1.82) is 5.26 Å². The Morgan fingerprint density at radius 2 is 1.83 bits per heavy atom. The Morgan fingerprint density at radius 3 is 1.83 bits per heavy atom. The van der Waals surface area contributed by atoms with Crippen LogP contribution in [-0.2, 0) is 4.79 Å². The molecule has 0 saturated carbocycles. The van der Waals surface area contributed by atoms with E-state index in [2.05, 4.69) is 0 Å². The largest absolute Gasteiger partial charge is 0.483 e. The van der Waals surface area contributed by atoms with Gasteiger partial charge in [-0.3, -0.25) is 4.79 Å². The second kappa shape index (κ2) is 49.6. The van der Waals surface area contributed by atoms with Crippen molar-refractivity contribution < 1.29 is 15.0 Å². The third kappa shape index (κ3) is 5.56. The molecule has 0 aliphatic rings. The predicted molar refractivity (Wildman–Crippen MR) is 16.2 cm³/mol. The van der Waals surface area contributed by atoms with Crippen LogP contribution in [0.2, 0.25) is 0 Å². The topological polar surface area (TPSA) is 81.3 Å². The summed E-state index contributed by atoms with van der Waals surface area (Å²) in [5, 5.41) is 20.6. The summed E-state index contributed by atoms with van der Waals surface area (Å²) in [7, 11) is 0. The van der Waals surface area contributed by atoms with Crippen LogP contribution >= 0.6 is 0 Å². The molecule has 34 valence electrons. The quantitative estimate of drug-likeness (QED) is 0.311. The van der Waals surface area contributed by atoms with Crippen molar-refractivity contribution in [2.24, 2.45) is 0 Å². The van der Waals surface area contributed by atoms with E-state index >= 15 is 0 Å². The minimum absolute atomic E-state index is 0.250. The average Bonchev–Trinajstić information content (AvgIpc) is 1.39. The van der Waals surface area contributed by atoms with Gasteiger partial charge < -0.3 is 10.2 Å². The molecule has 0 fully saturated rings. The number of nitriles is 1. The van der Waals surface area contributed by atoms with E-state index in [0.29, 0.717) is 0 Å². The van der Waals surface area contributed by atoms with Gasteiger partial charge in [-0.15, -0.1) is 0 Å². The van der Waals surface area contributed by atoms with Gasteiger partial charge in [-0.2, -0.15) is 5.26 Å². The number of carbonyl (C=O) groups is 1. The molecule has 0 aromatic rings. The SMILES string of the molecule is N#CO.O=CO. The Balaban J connectivity index is 0. The lowest BCUT2D eigenvalue weighted by atomic mass is 11.6. The van der Waals surface area contributed by atoms with Gasteiger partial charge in [-0.05, 0) is 0 Å². The molecule has 6 heavy (non-hydrogen) atoms. The molecule has 0 saturated heterocycles. The molecular weight excluding hydrogens is 86.0 g/mol. The van der Waals surface area contributed by atoms with E-state index < -0.39 is 0 Å². The van der Waals surface area contributed by atoms with Gasteiger partial charge in [0.15, 0.2) is 0 Å². The molecular formula is C2H3NO3. The Hall–Kier alpha value is -1.24. The molecule has 0 radical (unpaired) electrons. The summed E-state index contributed by atoms with van der Waals surface area (Å²) in [4.78, 5) is 8.36. The van der Waals surface area contributed by atoms with Gasteiger partial charge in [0.05, 0.1) is 0 Å². The Labute approximate surface area is 34.3 Å². The van der Waals surface area contributed by atoms with E-state index in [-0.39, 0.29) is 6.47 Å². The van der Waals surface area contributed by atoms with Gasteiger partial charge in [0.25, 0.3) is 12.7 Å². The Bertz CT molecular complexity index is 54.3. The molecule has 0 rings (SSSR count). The highest BCUT2D eigenvalue weighted by Crippen LogP contribution is 1.06. The second-order valence-corrected chi connectivity index (χ2v) is 0.205. The van der Waals surface area contributed by atoms with Crippen LogP contribution in [0.25, 0.3) is 0 Å². The summed E-state index contributed by atoms with van der Waals surface area (Å²) in [6.45, 7) is -0.250. The van der Waals surface area contributed by atoms with Crippen LogP contribution in [0.3, 0.4) is 0 Å². The summed E-state index contributed by atoms with van der Waals surface area (Å²) in [6, 6.07) is 0. The molecule has 0 aromatic heterocycles. The highest BCUT2D eigenvalue weighted by atomic mass is 16.3. The first-order valence-corrected chi connectivity index (χ1v) is 0.941. The molecule has 0 atom stereocenters. The van der Waals surface area contributed by atoms with Crippen molar-refractivity contribution in [3.63, 3.8) is 0 Å². The van der Waals surface area contributed by atoms with Crippen LogP contribution in [0.4, 0.5) is 0 Å². The van der Waals surface area contributed by atoms with Crippen molar-refractivity contribution >= 4 is 6.47 Å². The maximum Gasteiger partial charge on any atom is 0.290 e. The van der Waals surface area contributed by atoms with Crippen molar-refractivity contribution in [2.75, 3.05) is 0 Å². The molecule has 2 N–H and O–H groups in total. The minimum atomic E-state index is -0.250. The zero-order valence-corrected chi connectivity index (χ0v) is 2.83. The van der Waals surface area contributed by atoms with E-state index in [9.17, 15) is 0 Å². The van der Waals surface area contributed by atoms with E-state index in [0.717, 1.165) is 6.26 Å². The monoisotopic (exact) mass is 89.0 g/mol. The van der Waals surface area contributed by atoms with E-state index in [4.69, 9.17) is 20.3 Å². The molecule has 0 bridgehead atoms.